The summed E-state index contributed by atoms with van der Waals surface area (Å²) in [6, 6.07) is -0.301. The van der Waals surface area contributed by atoms with Crippen LogP contribution in [-0.4, -0.2) is 33.7 Å². The lowest BCUT2D eigenvalue weighted by Crippen LogP contribution is -2.40. The number of amides is 1. The van der Waals surface area contributed by atoms with E-state index in [1.54, 1.807) is 4.90 Å². The van der Waals surface area contributed by atoms with E-state index >= 15 is 0 Å². The fraction of sp³-hybridized carbons (Fsp3) is 0.571. The molecule has 0 aliphatic carbocycles. The minimum atomic E-state index is -0.342. The van der Waals surface area contributed by atoms with Crippen LogP contribution in [0.3, 0.4) is 0 Å². The lowest BCUT2D eigenvalue weighted by Gasteiger charge is -2.19. The number of nitrogen functional groups attached to an aromatic ring is 1. The molecule has 1 unspecified atom stereocenters. The van der Waals surface area contributed by atoms with Crippen molar-refractivity contribution in [1.82, 2.24) is 15.2 Å². The first-order valence-electron chi connectivity index (χ1n) is 4.42. The molecular weight excluding hydrogens is 184 g/mol. The van der Waals surface area contributed by atoms with Gasteiger partial charge in [0.25, 0.3) is 0 Å². The summed E-state index contributed by atoms with van der Waals surface area (Å²) in [5, 5.41) is 6.42. The van der Waals surface area contributed by atoms with Crippen LogP contribution in [0.25, 0.3) is 0 Å². The summed E-state index contributed by atoms with van der Waals surface area (Å²) < 4.78 is 0. The van der Waals surface area contributed by atoms with Gasteiger partial charge in [-0.2, -0.15) is 4.98 Å². The van der Waals surface area contributed by atoms with Gasteiger partial charge in [-0.05, 0) is 12.8 Å². The highest BCUT2D eigenvalue weighted by Gasteiger charge is 2.31. The first kappa shape index (κ1) is 8.79. The Morgan fingerprint density at radius 2 is 2.43 bits per heavy atom. The van der Waals surface area contributed by atoms with Gasteiger partial charge in [0.1, 0.15) is 6.04 Å². The van der Waals surface area contributed by atoms with Crippen LogP contribution in [0.5, 0.6) is 0 Å². The van der Waals surface area contributed by atoms with Gasteiger partial charge in [-0.3, -0.25) is 4.79 Å². The average molecular weight is 196 g/mol. The Labute approximate surface area is 80.5 Å². The zero-order valence-electron chi connectivity index (χ0n) is 7.60. The summed E-state index contributed by atoms with van der Waals surface area (Å²) in [7, 11) is 0. The molecule has 76 valence electrons. The fourth-order valence-corrected chi connectivity index (χ4v) is 1.70. The van der Waals surface area contributed by atoms with Crippen molar-refractivity contribution in [3.63, 3.8) is 0 Å². The van der Waals surface area contributed by atoms with Crippen molar-refractivity contribution >= 4 is 17.8 Å². The second kappa shape index (κ2) is 3.17. The molecule has 14 heavy (non-hydrogen) atoms. The molecule has 5 N–H and O–H groups in total. The van der Waals surface area contributed by atoms with Crippen LogP contribution in [0.4, 0.5) is 11.9 Å². The second-order valence-corrected chi connectivity index (χ2v) is 3.27. The molecule has 7 heteroatoms. The van der Waals surface area contributed by atoms with E-state index in [2.05, 4.69) is 15.2 Å². The average Bonchev–Trinajstić information content (AvgIpc) is 2.70. The normalized spacial score (nSPS) is 21.4. The molecule has 1 atom stereocenters. The molecule has 0 radical (unpaired) electrons. The fourth-order valence-electron chi connectivity index (χ4n) is 1.70. The number of primary amides is 1. The predicted molar refractivity (Wildman–Crippen MR) is 50.4 cm³/mol. The van der Waals surface area contributed by atoms with Crippen molar-refractivity contribution in [2.45, 2.75) is 18.9 Å². The van der Waals surface area contributed by atoms with Crippen LogP contribution in [0.1, 0.15) is 12.8 Å². The number of hydrogen-bond acceptors (Lipinski definition) is 5. The molecular formula is C7H12N6O. The first-order valence-corrected chi connectivity index (χ1v) is 4.42. The van der Waals surface area contributed by atoms with Crippen molar-refractivity contribution in [2.24, 2.45) is 5.73 Å². The maximum absolute atomic E-state index is 11.1. The van der Waals surface area contributed by atoms with E-state index in [0.29, 0.717) is 5.95 Å². The van der Waals surface area contributed by atoms with E-state index < -0.39 is 0 Å². The second-order valence-electron chi connectivity index (χ2n) is 3.27. The SMILES string of the molecule is NC(=O)C1CCCN1c1n[nH]c(N)n1. The van der Waals surface area contributed by atoms with Gasteiger partial charge in [-0.1, -0.05) is 0 Å². The number of nitrogens with zero attached hydrogens (tertiary/aromatic N) is 3. The third-order valence-corrected chi connectivity index (χ3v) is 2.33. The maximum Gasteiger partial charge on any atom is 0.246 e. The van der Waals surface area contributed by atoms with E-state index in [4.69, 9.17) is 11.5 Å². The summed E-state index contributed by atoms with van der Waals surface area (Å²) in [4.78, 5) is 16.8. The molecule has 0 spiro atoms. The Kier molecular flexibility index (Phi) is 1.99. The van der Waals surface area contributed by atoms with E-state index in [-0.39, 0.29) is 17.9 Å². The van der Waals surface area contributed by atoms with Crippen molar-refractivity contribution in [1.29, 1.82) is 0 Å². The molecule has 7 nitrogen and oxygen atoms in total. The lowest BCUT2D eigenvalue weighted by atomic mass is 10.2. The zero-order chi connectivity index (χ0) is 10.1. The Morgan fingerprint density at radius 1 is 1.64 bits per heavy atom. The highest BCUT2D eigenvalue weighted by Crippen LogP contribution is 2.21. The van der Waals surface area contributed by atoms with E-state index in [1.807, 2.05) is 0 Å². The van der Waals surface area contributed by atoms with Gasteiger partial charge >= 0.3 is 0 Å². The van der Waals surface area contributed by atoms with Gasteiger partial charge in [0.15, 0.2) is 0 Å². The molecule has 0 bridgehead atoms. The molecule has 0 saturated carbocycles. The van der Waals surface area contributed by atoms with E-state index in [0.717, 1.165) is 19.4 Å². The quantitative estimate of drug-likeness (QED) is 0.552. The Morgan fingerprint density at radius 3 is 3.00 bits per heavy atom. The summed E-state index contributed by atoms with van der Waals surface area (Å²) >= 11 is 0. The highest BCUT2D eigenvalue weighted by molar-refractivity contribution is 5.83. The summed E-state index contributed by atoms with van der Waals surface area (Å²) in [6.07, 6.45) is 1.67. The zero-order valence-corrected chi connectivity index (χ0v) is 7.60. The number of aromatic amines is 1. The van der Waals surface area contributed by atoms with Crippen molar-refractivity contribution in [2.75, 3.05) is 17.2 Å². The Hall–Kier alpha value is -1.79. The number of H-pyrrole nitrogens is 1. The molecule has 1 aliphatic heterocycles. The molecule has 1 amide bonds. The number of nitrogens with two attached hydrogens (primary N) is 2. The third-order valence-electron chi connectivity index (χ3n) is 2.33. The van der Waals surface area contributed by atoms with Crippen LogP contribution in [0.15, 0.2) is 0 Å². The number of anilines is 2. The van der Waals surface area contributed by atoms with Gasteiger partial charge in [-0.15, -0.1) is 5.10 Å². The number of rotatable bonds is 2. The summed E-state index contributed by atoms with van der Waals surface area (Å²) in [5.74, 6) is 0.352. The molecule has 1 aliphatic rings. The van der Waals surface area contributed by atoms with Gasteiger partial charge < -0.3 is 16.4 Å². The van der Waals surface area contributed by atoms with Gasteiger partial charge in [0.05, 0.1) is 0 Å². The van der Waals surface area contributed by atoms with E-state index in [1.165, 1.54) is 0 Å². The van der Waals surface area contributed by atoms with E-state index in [9.17, 15) is 4.79 Å². The Bertz CT molecular complexity index is 348. The Balaban J connectivity index is 2.21. The highest BCUT2D eigenvalue weighted by atomic mass is 16.1. The van der Waals surface area contributed by atoms with Crippen molar-refractivity contribution in [3.05, 3.63) is 0 Å². The number of carbonyl (C=O) groups is 1. The molecule has 2 rings (SSSR count). The maximum atomic E-state index is 11.1. The molecule has 1 aromatic rings. The summed E-state index contributed by atoms with van der Waals surface area (Å²) in [5.41, 5.74) is 10.7. The molecule has 2 heterocycles. The molecule has 0 aromatic carbocycles. The number of nitrogens with one attached hydrogen (secondary N) is 1. The van der Waals surface area contributed by atoms with Crippen LogP contribution < -0.4 is 16.4 Å². The summed E-state index contributed by atoms with van der Waals surface area (Å²) in [6.45, 7) is 0.741. The third kappa shape index (κ3) is 1.36. The van der Waals surface area contributed by atoms with Crippen LogP contribution in [0, 0.1) is 0 Å². The standard InChI is InChI=1S/C7H12N6O/c8-5(14)4-2-1-3-13(4)7-10-6(9)11-12-7/h4H,1-3H2,(H2,8,14)(H3,9,10,11,12). The van der Waals surface area contributed by atoms with Gasteiger partial charge in [-0.25, -0.2) is 5.10 Å². The van der Waals surface area contributed by atoms with Crippen LogP contribution in [0.2, 0.25) is 0 Å². The van der Waals surface area contributed by atoms with Crippen LogP contribution in [-0.2, 0) is 4.79 Å². The molecule has 1 fully saturated rings. The minimum Gasteiger partial charge on any atom is -0.368 e. The van der Waals surface area contributed by atoms with Crippen LogP contribution >= 0.6 is 0 Å². The predicted octanol–water partition coefficient (Wildman–Crippen LogP) is -1.16. The van der Waals surface area contributed by atoms with Gasteiger partial charge in [0, 0.05) is 6.54 Å². The number of carbonyl (C=O) groups excluding carboxylic acids is 1. The largest absolute Gasteiger partial charge is 0.368 e. The first-order chi connectivity index (χ1) is 6.68. The van der Waals surface area contributed by atoms with Crippen molar-refractivity contribution < 1.29 is 4.79 Å². The number of aromatic nitrogens is 3. The molecule has 1 aromatic heterocycles. The smallest absolute Gasteiger partial charge is 0.246 e. The lowest BCUT2D eigenvalue weighted by molar-refractivity contribution is -0.119. The van der Waals surface area contributed by atoms with Crippen molar-refractivity contribution in [3.8, 4) is 0 Å². The molecule has 1 saturated heterocycles. The minimum absolute atomic E-state index is 0.245. The number of hydrogen-bond donors (Lipinski definition) is 3. The van der Waals surface area contributed by atoms with Gasteiger partial charge in [0.2, 0.25) is 17.8 Å². The topological polar surface area (TPSA) is 114 Å². The monoisotopic (exact) mass is 196 g/mol.